The van der Waals surface area contributed by atoms with Gasteiger partial charge in [0.2, 0.25) is 0 Å². The first kappa shape index (κ1) is 8.68. The number of alkyl halides is 4. The highest BCUT2D eigenvalue weighted by molar-refractivity contribution is 4.74. The minimum absolute atomic E-state index is 0.617. The van der Waals surface area contributed by atoms with Crippen molar-refractivity contribution in [2.75, 3.05) is 0 Å². The third-order valence-corrected chi connectivity index (χ3v) is 0.848. The van der Waals surface area contributed by atoms with Crippen molar-refractivity contribution in [3.8, 4) is 0 Å². The second kappa shape index (κ2) is 2.51. The van der Waals surface area contributed by atoms with Crippen molar-refractivity contribution in [1.82, 2.24) is 0 Å². The minimum atomic E-state index is -4.28. The molecule has 0 aromatic rings. The molecule has 1 atom stereocenters. The fourth-order valence-electron chi connectivity index (χ4n) is 0.182. The van der Waals surface area contributed by atoms with Gasteiger partial charge in [0.25, 0.3) is 0 Å². The van der Waals surface area contributed by atoms with Crippen molar-refractivity contribution >= 4 is 0 Å². The van der Waals surface area contributed by atoms with E-state index < -0.39 is 18.5 Å². The minimum Gasteiger partial charge on any atom is -0.387 e. The van der Waals surface area contributed by atoms with Gasteiger partial charge in [0, 0.05) is 0 Å². The lowest BCUT2D eigenvalue weighted by Gasteiger charge is -2.17. The van der Waals surface area contributed by atoms with Crippen LogP contribution in [0.4, 0.5) is 17.6 Å². The molecule has 0 fully saturated rings. The Hall–Kier alpha value is -0.320. The number of aliphatic hydroxyl groups is 1. The third-order valence-electron chi connectivity index (χ3n) is 0.848. The Morgan fingerprint density at radius 2 is 1.67 bits per heavy atom. The monoisotopic (exact) mass is 146 g/mol. The lowest BCUT2D eigenvalue weighted by atomic mass is 10.2. The van der Waals surface area contributed by atoms with Gasteiger partial charge < -0.3 is 5.11 Å². The molecule has 1 N–H and O–H groups in total. The van der Waals surface area contributed by atoms with Crippen molar-refractivity contribution in [3.05, 3.63) is 0 Å². The molecule has 0 radical (unpaired) electrons. The van der Waals surface area contributed by atoms with Gasteiger partial charge in [-0.05, 0) is 6.92 Å². The summed E-state index contributed by atoms with van der Waals surface area (Å²) in [6.07, 6.45) is -6.09. The predicted octanol–water partition coefficient (Wildman–Crippen LogP) is 1.27. The summed E-state index contributed by atoms with van der Waals surface area (Å²) >= 11 is 0. The van der Waals surface area contributed by atoms with E-state index in [1.54, 1.807) is 0 Å². The summed E-state index contributed by atoms with van der Waals surface area (Å²) < 4.78 is 45.6. The van der Waals surface area contributed by atoms with E-state index in [1.807, 2.05) is 0 Å². The van der Waals surface area contributed by atoms with Gasteiger partial charge >= 0.3 is 12.3 Å². The summed E-state index contributed by atoms with van der Waals surface area (Å²) in [5.41, 5.74) is 0. The second-order valence-corrected chi connectivity index (χ2v) is 1.65. The standard InChI is InChI=1S/C4H6F4O/c1-2(9)4(7,8)3(5)6/h2-3,9H,1H3/t2-/m0/s1. The largest absolute Gasteiger partial charge is 0.387 e. The molecule has 0 aromatic carbocycles. The van der Waals surface area contributed by atoms with E-state index in [2.05, 4.69) is 0 Å². The molecule has 1 nitrogen and oxygen atoms in total. The molecule has 0 aromatic heterocycles. The van der Waals surface area contributed by atoms with E-state index in [1.165, 1.54) is 0 Å². The molecule has 0 spiro atoms. The quantitative estimate of drug-likeness (QED) is 0.581. The van der Waals surface area contributed by atoms with Gasteiger partial charge in [-0.2, -0.15) is 8.78 Å². The average Bonchev–Trinajstić information content (AvgIpc) is 1.65. The highest BCUT2D eigenvalue weighted by Crippen LogP contribution is 2.26. The molecule has 0 aliphatic heterocycles. The van der Waals surface area contributed by atoms with Crippen molar-refractivity contribution in [1.29, 1.82) is 0 Å². The second-order valence-electron chi connectivity index (χ2n) is 1.65. The van der Waals surface area contributed by atoms with Crippen LogP contribution in [0.3, 0.4) is 0 Å². The number of aliphatic hydroxyl groups excluding tert-OH is 1. The van der Waals surface area contributed by atoms with Gasteiger partial charge in [-0.1, -0.05) is 0 Å². The maximum atomic E-state index is 11.7. The Morgan fingerprint density at radius 3 is 1.67 bits per heavy atom. The highest BCUT2D eigenvalue weighted by Gasteiger charge is 2.45. The molecule has 5 heteroatoms. The number of rotatable bonds is 2. The molecule has 56 valence electrons. The number of halogens is 4. The SMILES string of the molecule is C[C@H](O)C(F)(F)C(F)F. The zero-order valence-corrected chi connectivity index (χ0v) is 4.61. The molecule has 0 saturated carbocycles. The molecular weight excluding hydrogens is 140 g/mol. The van der Waals surface area contributed by atoms with Gasteiger partial charge in [0.15, 0.2) is 0 Å². The van der Waals surface area contributed by atoms with Crippen LogP contribution >= 0.6 is 0 Å². The maximum Gasteiger partial charge on any atom is 0.332 e. The zero-order chi connectivity index (χ0) is 7.65. The smallest absolute Gasteiger partial charge is 0.332 e. The van der Waals surface area contributed by atoms with Crippen LogP contribution in [0, 0.1) is 0 Å². The van der Waals surface area contributed by atoms with Gasteiger partial charge in [0.05, 0.1) is 0 Å². The topological polar surface area (TPSA) is 20.2 Å². The van der Waals surface area contributed by atoms with Crippen LogP contribution < -0.4 is 0 Å². The van der Waals surface area contributed by atoms with E-state index in [0.717, 1.165) is 0 Å². The van der Waals surface area contributed by atoms with E-state index in [4.69, 9.17) is 5.11 Å². The van der Waals surface area contributed by atoms with Crippen molar-refractivity contribution < 1.29 is 22.7 Å². The van der Waals surface area contributed by atoms with Crippen LogP contribution in [-0.2, 0) is 0 Å². The van der Waals surface area contributed by atoms with Crippen molar-refractivity contribution in [2.45, 2.75) is 25.4 Å². The van der Waals surface area contributed by atoms with Crippen LogP contribution in [0.15, 0.2) is 0 Å². The molecule has 0 saturated heterocycles. The van der Waals surface area contributed by atoms with Crippen LogP contribution in [0.2, 0.25) is 0 Å². The first-order valence-corrected chi connectivity index (χ1v) is 2.23. The lowest BCUT2D eigenvalue weighted by molar-refractivity contribution is -0.185. The number of hydrogen-bond donors (Lipinski definition) is 1. The fraction of sp³-hybridized carbons (Fsp3) is 1.00. The van der Waals surface area contributed by atoms with Gasteiger partial charge in [-0.25, -0.2) is 8.78 Å². The Balaban J connectivity index is 4.01. The fourth-order valence-corrected chi connectivity index (χ4v) is 0.182. The molecule has 0 bridgehead atoms. The first-order chi connectivity index (χ1) is 3.89. The van der Waals surface area contributed by atoms with E-state index >= 15 is 0 Å². The van der Waals surface area contributed by atoms with Gasteiger partial charge in [-0.15, -0.1) is 0 Å². The Kier molecular flexibility index (Phi) is 2.42. The van der Waals surface area contributed by atoms with Crippen molar-refractivity contribution in [3.63, 3.8) is 0 Å². The predicted molar refractivity (Wildman–Crippen MR) is 22.6 cm³/mol. The number of hydrogen-bond acceptors (Lipinski definition) is 1. The summed E-state index contributed by atoms with van der Waals surface area (Å²) in [5.74, 6) is -4.28. The van der Waals surface area contributed by atoms with Gasteiger partial charge in [0.1, 0.15) is 6.10 Å². The lowest BCUT2D eigenvalue weighted by Crippen LogP contribution is -2.38. The summed E-state index contributed by atoms with van der Waals surface area (Å²) in [7, 11) is 0. The van der Waals surface area contributed by atoms with E-state index in [0.29, 0.717) is 6.92 Å². The van der Waals surface area contributed by atoms with Crippen LogP contribution in [0.25, 0.3) is 0 Å². The normalized spacial score (nSPS) is 16.3. The Bertz CT molecular complexity index is 80.6. The van der Waals surface area contributed by atoms with E-state index in [9.17, 15) is 17.6 Å². The average molecular weight is 146 g/mol. The Labute approximate surface area is 49.3 Å². The summed E-state index contributed by atoms with van der Waals surface area (Å²) in [6.45, 7) is 0.617. The third kappa shape index (κ3) is 1.82. The van der Waals surface area contributed by atoms with Crippen LogP contribution in [0.5, 0.6) is 0 Å². The van der Waals surface area contributed by atoms with Crippen LogP contribution in [-0.4, -0.2) is 23.6 Å². The summed E-state index contributed by atoms with van der Waals surface area (Å²) in [6, 6.07) is 0. The summed E-state index contributed by atoms with van der Waals surface area (Å²) in [5, 5.41) is 8.02. The van der Waals surface area contributed by atoms with E-state index in [-0.39, 0.29) is 0 Å². The molecule has 9 heavy (non-hydrogen) atoms. The molecule has 0 aliphatic rings. The van der Waals surface area contributed by atoms with Crippen LogP contribution in [0.1, 0.15) is 6.92 Å². The Morgan fingerprint density at radius 1 is 1.33 bits per heavy atom. The van der Waals surface area contributed by atoms with Crippen molar-refractivity contribution in [2.24, 2.45) is 0 Å². The molecule has 0 heterocycles. The molecule has 0 aliphatic carbocycles. The first-order valence-electron chi connectivity index (χ1n) is 2.23. The highest BCUT2D eigenvalue weighted by atomic mass is 19.3. The molecule has 0 unspecified atom stereocenters. The molecular formula is C4H6F4O. The van der Waals surface area contributed by atoms with Gasteiger partial charge in [-0.3, -0.25) is 0 Å². The summed E-state index contributed by atoms with van der Waals surface area (Å²) in [4.78, 5) is 0. The molecule has 0 rings (SSSR count). The zero-order valence-electron chi connectivity index (χ0n) is 4.61. The maximum absolute atomic E-state index is 11.7. The molecule has 0 amide bonds.